The van der Waals surface area contributed by atoms with Crippen molar-refractivity contribution in [1.29, 1.82) is 0 Å². The molecule has 0 heterocycles. The van der Waals surface area contributed by atoms with Crippen molar-refractivity contribution in [2.24, 2.45) is 0 Å². The average molecular weight is 269 g/mol. The Labute approximate surface area is 121 Å². The van der Waals surface area contributed by atoms with E-state index in [4.69, 9.17) is 4.74 Å². The molecule has 0 aliphatic carbocycles. The van der Waals surface area contributed by atoms with Gasteiger partial charge in [0.05, 0.1) is 13.2 Å². The summed E-state index contributed by atoms with van der Waals surface area (Å²) in [4.78, 5) is 0. The van der Waals surface area contributed by atoms with E-state index < -0.39 is 0 Å². The average Bonchev–Trinajstić information content (AvgIpc) is 2.46. The molecule has 0 saturated heterocycles. The van der Waals surface area contributed by atoms with E-state index >= 15 is 0 Å². The first-order valence-corrected chi connectivity index (χ1v) is 7.10. The van der Waals surface area contributed by atoms with Crippen molar-refractivity contribution in [3.05, 3.63) is 64.7 Å². The molecule has 2 aromatic rings. The Bertz CT molecular complexity index is 560. The highest BCUT2D eigenvalue weighted by molar-refractivity contribution is 5.44. The van der Waals surface area contributed by atoms with Crippen LogP contribution in [0.25, 0.3) is 0 Å². The Balaban J connectivity index is 2.45. The molecule has 1 atom stereocenters. The van der Waals surface area contributed by atoms with Crippen LogP contribution in [0.2, 0.25) is 0 Å². The van der Waals surface area contributed by atoms with E-state index in [0.29, 0.717) is 0 Å². The fraction of sp³-hybridized carbons (Fsp3) is 0.333. The Morgan fingerprint density at radius 2 is 1.65 bits per heavy atom. The van der Waals surface area contributed by atoms with Crippen LogP contribution in [-0.2, 0) is 0 Å². The van der Waals surface area contributed by atoms with Crippen LogP contribution in [0.15, 0.2) is 42.5 Å². The van der Waals surface area contributed by atoms with Gasteiger partial charge in [0.2, 0.25) is 0 Å². The van der Waals surface area contributed by atoms with Gasteiger partial charge < -0.3 is 10.1 Å². The van der Waals surface area contributed by atoms with E-state index in [1.165, 1.54) is 22.3 Å². The van der Waals surface area contributed by atoms with Crippen molar-refractivity contribution in [2.45, 2.75) is 26.8 Å². The van der Waals surface area contributed by atoms with Gasteiger partial charge in [-0.25, -0.2) is 0 Å². The van der Waals surface area contributed by atoms with Gasteiger partial charge in [0, 0.05) is 5.56 Å². The zero-order valence-corrected chi connectivity index (χ0v) is 12.7. The van der Waals surface area contributed by atoms with E-state index in [1.807, 2.05) is 0 Å². The third-order valence-electron chi connectivity index (χ3n) is 3.52. The molecule has 0 fully saturated rings. The lowest BCUT2D eigenvalue weighted by molar-refractivity contribution is 0.404. The molecule has 0 spiro atoms. The van der Waals surface area contributed by atoms with E-state index in [1.54, 1.807) is 7.11 Å². The minimum absolute atomic E-state index is 0.163. The molecule has 2 aromatic carbocycles. The third-order valence-corrected chi connectivity index (χ3v) is 3.52. The molecule has 0 aliphatic heterocycles. The van der Waals surface area contributed by atoms with Gasteiger partial charge in [-0.1, -0.05) is 48.9 Å². The number of hydrogen-bond donors (Lipinski definition) is 1. The summed E-state index contributed by atoms with van der Waals surface area (Å²) in [6, 6.07) is 15.2. The van der Waals surface area contributed by atoms with Crippen molar-refractivity contribution in [1.82, 2.24) is 5.32 Å². The lowest BCUT2D eigenvalue weighted by Crippen LogP contribution is -2.22. The monoisotopic (exact) mass is 269 g/mol. The number of rotatable bonds is 5. The van der Waals surface area contributed by atoms with Crippen LogP contribution >= 0.6 is 0 Å². The highest BCUT2D eigenvalue weighted by Crippen LogP contribution is 2.31. The molecular formula is C18H23NO. The number of methoxy groups -OCH3 is 1. The quantitative estimate of drug-likeness (QED) is 0.885. The summed E-state index contributed by atoms with van der Waals surface area (Å²) in [5.41, 5.74) is 4.94. The lowest BCUT2D eigenvalue weighted by atomic mass is 9.96. The van der Waals surface area contributed by atoms with Crippen molar-refractivity contribution >= 4 is 0 Å². The summed E-state index contributed by atoms with van der Waals surface area (Å²) in [5, 5.41) is 3.55. The van der Waals surface area contributed by atoms with Crippen LogP contribution in [0, 0.1) is 13.8 Å². The molecule has 0 saturated carbocycles. The molecule has 2 nitrogen and oxygen atoms in total. The zero-order valence-electron chi connectivity index (χ0n) is 12.7. The summed E-state index contributed by atoms with van der Waals surface area (Å²) < 4.78 is 5.56. The molecule has 2 heteroatoms. The van der Waals surface area contributed by atoms with Crippen LogP contribution in [-0.4, -0.2) is 13.7 Å². The second kappa shape index (κ2) is 6.58. The first-order valence-electron chi connectivity index (χ1n) is 7.10. The Kier molecular flexibility index (Phi) is 4.80. The zero-order chi connectivity index (χ0) is 14.5. The first-order chi connectivity index (χ1) is 9.65. The minimum atomic E-state index is 0.163. The fourth-order valence-corrected chi connectivity index (χ4v) is 2.43. The maximum atomic E-state index is 5.56. The van der Waals surface area contributed by atoms with Gasteiger partial charge in [-0.15, -0.1) is 0 Å². The highest BCUT2D eigenvalue weighted by atomic mass is 16.5. The van der Waals surface area contributed by atoms with Gasteiger partial charge in [0.15, 0.2) is 0 Å². The molecule has 1 N–H and O–H groups in total. The summed E-state index contributed by atoms with van der Waals surface area (Å²) in [7, 11) is 1.73. The van der Waals surface area contributed by atoms with E-state index in [9.17, 15) is 0 Å². The number of benzene rings is 2. The molecule has 0 amide bonds. The number of nitrogens with one attached hydrogen (secondary N) is 1. The summed E-state index contributed by atoms with van der Waals surface area (Å²) >= 11 is 0. The molecule has 2 rings (SSSR count). The van der Waals surface area contributed by atoms with Crippen LogP contribution in [0.3, 0.4) is 0 Å². The molecule has 0 aliphatic rings. The second-order valence-corrected chi connectivity index (χ2v) is 5.15. The van der Waals surface area contributed by atoms with Gasteiger partial charge in [-0.05, 0) is 37.6 Å². The molecule has 1 unspecified atom stereocenters. The van der Waals surface area contributed by atoms with Crippen molar-refractivity contribution in [3.63, 3.8) is 0 Å². The molecule has 20 heavy (non-hydrogen) atoms. The minimum Gasteiger partial charge on any atom is -0.496 e. The smallest absolute Gasteiger partial charge is 0.124 e. The van der Waals surface area contributed by atoms with Crippen LogP contribution < -0.4 is 10.1 Å². The SMILES string of the molecule is CCNC(c1ccc(C)cc1)c1ccc(C)cc1OC. The lowest BCUT2D eigenvalue weighted by Gasteiger charge is -2.22. The van der Waals surface area contributed by atoms with E-state index in [0.717, 1.165) is 12.3 Å². The van der Waals surface area contributed by atoms with Crippen molar-refractivity contribution in [3.8, 4) is 5.75 Å². The largest absolute Gasteiger partial charge is 0.496 e. The van der Waals surface area contributed by atoms with Crippen molar-refractivity contribution < 1.29 is 4.74 Å². The van der Waals surface area contributed by atoms with Gasteiger partial charge in [0.1, 0.15) is 5.75 Å². The van der Waals surface area contributed by atoms with Gasteiger partial charge in [-0.3, -0.25) is 0 Å². The van der Waals surface area contributed by atoms with Crippen LogP contribution in [0.4, 0.5) is 0 Å². The molecule has 0 bridgehead atoms. The van der Waals surface area contributed by atoms with Gasteiger partial charge in [-0.2, -0.15) is 0 Å². The Morgan fingerprint density at radius 3 is 2.25 bits per heavy atom. The number of hydrogen-bond acceptors (Lipinski definition) is 2. The van der Waals surface area contributed by atoms with Crippen LogP contribution in [0.5, 0.6) is 5.75 Å². The fourth-order valence-electron chi connectivity index (χ4n) is 2.43. The van der Waals surface area contributed by atoms with E-state index in [2.05, 4.69) is 68.6 Å². The first kappa shape index (κ1) is 14.6. The topological polar surface area (TPSA) is 21.3 Å². The molecule has 106 valence electrons. The molecule has 0 aromatic heterocycles. The van der Waals surface area contributed by atoms with Crippen LogP contribution in [0.1, 0.15) is 35.2 Å². The van der Waals surface area contributed by atoms with E-state index in [-0.39, 0.29) is 6.04 Å². The molecule has 0 radical (unpaired) electrons. The third kappa shape index (κ3) is 3.20. The summed E-state index contributed by atoms with van der Waals surface area (Å²) in [6.45, 7) is 7.23. The predicted octanol–water partition coefficient (Wildman–Crippen LogP) is 4.01. The van der Waals surface area contributed by atoms with Gasteiger partial charge >= 0.3 is 0 Å². The van der Waals surface area contributed by atoms with Gasteiger partial charge in [0.25, 0.3) is 0 Å². The summed E-state index contributed by atoms with van der Waals surface area (Å²) in [6.07, 6.45) is 0. The summed E-state index contributed by atoms with van der Waals surface area (Å²) in [5.74, 6) is 0.941. The number of aryl methyl sites for hydroxylation is 2. The van der Waals surface area contributed by atoms with Crippen molar-refractivity contribution in [2.75, 3.05) is 13.7 Å². The predicted molar refractivity (Wildman–Crippen MR) is 84.4 cm³/mol. The maximum absolute atomic E-state index is 5.56. The standard InChI is InChI=1S/C18H23NO/c1-5-19-18(15-9-6-13(2)7-10-15)16-11-8-14(3)12-17(16)20-4/h6-12,18-19H,5H2,1-4H3. The Morgan fingerprint density at radius 1 is 1.00 bits per heavy atom. The Hall–Kier alpha value is -1.80. The second-order valence-electron chi connectivity index (χ2n) is 5.15. The highest BCUT2D eigenvalue weighted by Gasteiger charge is 2.17. The molecular weight excluding hydrogens is 246 g/mol. The normalized spacial score (nSPS) is 12.2. The maximum Gasteiger partial charge on any atom is 0.124 e. The number of ether oxygens (including phenoxy) is 1.